The fraction of sp³-hybridized carbons (Fsp3) is 0.241. The molecule has 172 valence electrons. The number of anilines is 1. The van der Waals surface area contributed by atoms with Crippen molar-refractivity contribution in [2.45, 2.75) is 25.7 Å². The lowest BCUT2D eigenvalue weighted by molar-refractivity contribution is 0.0953. The summed E-state index contributed by atoms with van der Waals surface area (Å²) in [6.45, 7) is 1.53. The molecule has 1 aliphatic carbocycles. The summed E-state index contributed by atoms with van der Waals surface area (Å²) in [5.74, 6) is -0.0382. The van der Waals surface area contributed by atoms with E-state index in [9.17, 15) is 4.79 Å². The van der Waals surface area contributed by atoms with E-state index in [1.807, 2.05) is 42.5 Å². The minimum Gasteiger partial charge on any atom is -0.375 e. The molecule has 0 atom stereocenters. The standard InChI is InChI=1S/C29H30N4O/c1-33(24-11-3-2-4-12-24)20-8-19-30-29(34)23-17-15-22(16-18-23)27-26-14-7-10-21-9-5-6-13-25(21)28(26)32-31-27/h2-6,9,11-13,15-18H,7-8,10,14,19-20H2,1H3,(H,30,34)(H,31,32). The molecule has 5 heteroatoms. The molecule has 0 saturated heterocycles. The number of hydrogen-bond acceptors (Lipinski definition) is 3. The van der Waals surface area contributed by atoms with Crippen LogP contribution in [-0.4, -0.2) is 36.2 Å². The fourth-order valence-corrected chi connectivity index (χ4v) is 4.72. The number of hydrogen-bond donors (Lipinski definition) is 2. The first kappa shape index (κ1) is 22.0. The second kappa shape index (κ2) is 9.96. The van der Waals surface area contributed by atoms with E-state index in [-0.39, 0.29) is 5.91 Å². The Morgan fingerprint density at radius 1 is 0.971 bits per heavy atom. The quantitative estimate of drug-likeness (QED) is 0.366. The van der Waals surface area contributed by atoms with E-state index in [1.54, 1.807) is 0 Å². The van der Waals surface area contributed by atoms with Crippen LogP contribution in [0.25, 0.3) is 22.5 Å². The van der Waals surface area contributed by atoms with E-state index < -0.39 is 0 Å². The van der Waals surface area contributed by atoms with Crippen molar-refractivity contribution in [1.29, 1.82) is 0 Å². The molecule has 1 aromatic heterocycles. The van der Waals surface area contributed by atoms with Crippen molar-refractivity contribution in [2.24, 2.45) is 0 Å². The molecule has 0 aliphatic heterocycles. The first-order valence-electron chi connectivity index (χ1n) is 12.0. The summed E-state index contributed by atoms with van der Waals surface area (Å²) in [4.78, 5) is 14.8. The van der Waals surface area contributed by atoms with Crippen LogP contribution in [0.5, 0.6) is 0 Å². The predicted molar refractivity (Wildman–Crippen MR) is 138 cm³/mol. The number of nitrogens with one attached hydrogen (secondary N) is 2. The van der Waals surface area contributed by atoms with E-state index >= 15 is 0 Å². The molecule has 0 radical (unpaired) electrons. The van der Waals surface area contributed by atoms with Gasteiger partial charge in [0.25, 0.3) is 5.91 Å². The minimum absolute atomic E-state index is 0.0382. The van der Waals surface area contributed by atoms with Crippen LogP contribution in [0, 0.1) is 0 Å². The summed E-state index contributed by atoms with van der Waals surface area (Å²) in [6, 6.07) is 26.7. The summed E-state index contributed by atoms with van der Waals surface area (Å²) in [6.07, 6.45) is 4.07. The Morgan fingerprint density at radius 2 is 1.74 bits per heavy atom. The Hall–Kier alpha value is -3.86. The van der Waals surface area contributed by atoms with Gasteiger partial charge in [0.2, 0.25) is 0 Å². The summed E-state index contributed by atoms with van der Waals surface area (Å²) in [5.41, 5.74) is 8.91. The minimum atomic E-state index is -0.0382. The summed E-state index contributed by atoms with van der Waals surface area (Å²) < 4.78 is 0. The normalized spacial score (nSPS) is 12.4. The van der Waals surface area contributed by atoms with E-state index in [2.05, 4.69) is 63.9 Å². The number of carbonyl (C=O) groups is 1. The zero-order valence-electron chi connectivity index (χ0n) is 19.6. The van der Waals surface area contributed by atoms with Gasteiger partial charge in [-0.25, -0.2) is 0 Å². The average Bonchev–Trinajstić information content (AvgIpc) is 3.22. The van der Waals surface area contributed by atoms with E-state index in [0.29, 0.717) is 12.1 Å². The molecule has 0 bridgehead atoms. The molecule has 5 rings (SSSR count). The third-order valence-corrected chi connectivity index (χ3v) is 6.60. The van der Waals surface area contributed by atoms with Crippen molar-refractivity contribution in [3.63, 3.8) is 0 Å². The highest BCUT2D eigenvalue weighted by Gasteiger charge is 2.21. The fourth-order valence-electron chi connectivity index (χ4n) is 4.72. The van der Waals surface area contributed by atoms with Gasteiger partial charge in [0.05, 0.1) is 11.4 Å². The molecular formula is C29H30N4O. The molecular weight excluding hydrogens is 420 g/mol. The Labute approximate surface area is 200 Å². The van der Waals surface area contributed by atoms with E-state index in [4.69, 9.17) is 0 Å². The molecule has 1 amide bonds. The molecule has 0 unspecified atom stereocenters. The number of fused-ring (bicyclic) bond motifs is 3. The van der Waals surface area contributed by atoms with Crippen LogP contribution in [-0.2, 0) is 12.8 Å². The van der Waals surface area contributed by atoms with Gasteiger partial charge in [-0.1, -0.05) is 54.6 Å². The number of nitrogens with zero attached hydrogens (tertiary/aromatic N) is 2. The number of aromatic nitrogens is 2. The monoisotopic (exact) mass is 450 g/mol. The van der Waals surface area contributed by atoms with Gasteiger partial charge in [0.1, 0.15) is 0 Å². The molecule has 0 spiro atoms. The molecule has 5 nitrogen and oxygen atoms in total. The maximum absolute atomic E-state index is 12.6. The molecule has 0 saturated carbocycles. The summed E-state index contributed by atoms with van der Waals surface area (Å²) in [7, 11) is 2.07. The lowest BCUT2D eigenvalue weighted by atomic mass is 9.99. The Bertz CT molecular complexity index is 1260. The molecule has 1 aliphatic rings. The first-order valence-corrected chi connectivity index (χ1v) is 12.0. The van der Waals surface area contributed by atoms with Crippen molar-refractivity contribution in [3.05, 3.63) is 95.6 Å². The Kier molecular flexibility index (Phi) is 6.43. The molecule has 2 N–H and O–H groups in total. The largest absolute Gasteiger partial charge is 0.375 e. The second-order valence-corrected chi connectivity index (χ2v) is 8.88. The van der Waals surface area contributed by atoms with Gasteiger partial charge in [-0.15, -0.1) is 0 Å². The smallest absolute Gasteiger partial charge is 0.251 e. The zero-order valence-corrected chi connectivity index (χ0v) is 19.6. The molecule has 1 heterocycles. The molecule has 34 heavy (non-hydrogen) atoms. The molecule has 3 aromatic carbocycles. The van der Waals surface area contributed by atoms with Gasteiger partial charge in [0.15, 0.2) is 0 Å². The van der Waals surface area contributed by atoms with Crippen LogP contribution in [0.15, 0.2) is 78.9 Å². The molecule has 4 aromatic rings. The number of rotatable bonds is 7. The third-order valence-electron chi connectivity index (χ3n) is 6.60. The average molecular weight is 451 g/mol. The highest BCUT2D eigenvalue weighted by molar-refractivity contribution is 5.94. The van der Waals surface area contributed by atoms with Gasteiger partial charge < -0.3 is 10.2 Å². The third kappa shape index (κ3) is 4.60. The Morgan fingerprint density at radius 3 is 2.56 bits per heavy atom. The van der Waals surface area contributed by atoms with Gasteiger partial charge in [0, 0.05) is 48.1 Å². The number of H-pyrrole nitrogens is 1. The number of amides is 1. The number of aromatic amines is 1. The summed E-state index contributed by atoms with van der Waals surface area (Å²) in [5, 5.41) is 11.0. The van der Waals surface area contributed by atoms with Crippen molar-refractivity contribution in [2.75, 3.05) is 25.0 Å². The number of aryl methyl sites for hydroxylation is 1. The van der Waals surface area contributed by atoms with Crippen molar-refractivity contribution in [1.82, 2.24) is 15.5 Å². The second-order valence-electron chi connectivity index (χ2n) is 8.88. The summed E-state index contributed by atoms with van der Waals surface area (Å²) >= 11 is 0. The maximum atomic E-state index is 12.6. The predicted octanol–water partition coefficient (Wildman–Crippen LogP) is 5.49. The SMILES string of the molecule is CN(CCCNC(=O)c1ccc(-c2n[nH]c3c2CCCc2ccccc2-3)cc1)c1ccccc1. The van der Waals surface area contributed by atoms with Crippen LogP contribution in [0.1, 0.15) is 34.3 Å². The van der Waals surface area contributed by atoms with Gasteiger partial charge >= 0.3 is 0 Å². The van der Waals surface area contributed by atoms with Gasteiger partial charge in [-0.3, -0.25) is 9.89 Å². The van der Waals surface area contributed by atoms with Gasteiger partial charge in [-0.05, 0) is 55.5 Å². The van der Waals surface area contributed by atoms with Crippen LogP contribution in [0.2, 0.25) is 0 Å². The van der Waals surface area contributed by atoms with Crippen LogP contribution in [0.3, 0.4) is 0 Å². The zero-order chi connectivity index (χ0) is 23.3. The number of carbonyl (C=O) groups excluding carboxylic acids is 1. The van der Waals surface area contributed by atoms with Crippen molar-refractivity contribution < 1.29 is 4.79 Å². The highest BCUT2D eigenvalue weighted by atomic mass is 16.1. The number of para-hydroxylation sites is 1. The van der Waals surface area contributed by atoms with Gasteiger partial charge in [-0.2, -0.15) is 5.10 Å². The van der Waals surface area contributed by atoms with Crippen LogP contribution < -0.4 is 10.2 Å². The lowest BCUT2D eigenvalue weighted by Gasteiger charge is -2.19. The highest BCUT2D eigenvalue weighted by Crippen LogP contribution is 2.36. The maximum Gasteiger partial charge on any atom is 0.251 e. The Balaban J connectivity index is 1.21. The first-order chi connectivity index (χ1) is 16.7. The van der Waals surface area contributed by atoms with E-state index in [0.717, 1.165) is 49.2 Å². The van der Waals surface area contributed by atoms with Crippen LogP contribution >= 0.6 is 0 Å². The number of benzene rings is 3. The lowest BCUT2D eigenvalue weighted by Crippen LogP contribution is -2.28. The van der Waals surface area contributed by atoms with Crippen molar-refractivity contribution in [3.8, 4) is 22.5 Å². The van der Waals surface area contributed by atoms with Crippen molar-refractivity contribution >= 4 is 11.6 Å². The molecule has 0 fully saturated rings. The topological polar surface area (TPSA) is 61.0 Å². The van der Waals surface area contributed by atoms with E-state index in [1.165, 1.54) is 22.4 Å². The van der Waals surface area contributed by atoms with Crippen LogP contribution in [0.4, 0.5) is 5.69 Å².